The fourth-order valence-corrected chi connectivity index (χ4v) is 6.08. The minimum absolute atomic E-state index is 0. The quantitative estimate of drug-likeness (QED) is 0.331. The van der Waals surface area contributed by atoms with Crippen LogP contribution in [-0.4, -0.2) is 72.4 Å². The van der Waals surface area contributed by atoms with Gasteiger partial charge in [-0.3, -0.25) is 4.79 Å². The maximum atomic E-state index is 13.8. The molecule has 0 amide bonds. The Labute approximate surface area is 216 Å². The number of rotatable bonds is 8. The van der Waals surface area contributed by atoms with Crippen LogP contribution < -0.4 is 11.5 Å². The lowest BCUT2D eigenvalue weighted by molar-refractivity contribution is -0.148. The summed E-state index contributed by atoms with van der Waals surface area (Å²) in [6.07, 6.45) is 3.18. The predicted octanol–water partition coefficient (Wildman–Crippen LogP) is 2.59. The number of carbonyl (C=O) groups is 1. The number of aromatic nitrogens is 1. The number of likely N-dealkylation sites (N-methyl/N-ethyl adjacent to an activating group) is 1. The molecule has 0 radical (unpaired) electrons. The van der Waals surface area contributed by atoms with E-state index < -0.39 is 21.5 Å². The number of pyridine rings is 1. The Balaban J connectivity index is 0.00000289. The number of sulfonamides is 1. The molecule has 1 aliphatic rings. The average molecular weight is 556 g/mol. The third kappa shape index (κ3) is 5.84. The van der Waals surface area contributed by atoms with Gasteiger partial charge in [0.05, 0.1) is 9.92 Å². The third-order valence-electron chi connectivity index (χ3n) is 5.67. The van der Waals surface area contributed by atoms with Gasteiger partial charge in [0.2, 0.25) is 10.0 Å². The summed E-state index contributed by atoms with van der Waals surface area (Å²) in [5.41, 5.74) is 9.48. The highest BCUT2D eigenvalue weighted by Crippen LogP contribution is 2.40. The number of hydrogen-bond donors (Lipinski definition) is 3. The summed E-state index contributed by atoms with van der Waals surface area (Å²) < 4.78 is 28.8. The van der Waals surface area contributed by atoms with E-state index in [-0.39, 0.29) is 60.9 Å². The monoisotopic (exact) mass is 554 g/mol. The van der Waals surface area contributed by atoms with E-state index >= 15 is 0 Å². The summed E-state index contributed by atoms with van der Waals surface area (Å²) in [6, 6.07) is 4.35. The van der Waals surface area contributed by atoms with Crippen molar-refractivity contribution < 1.29 is 18.3 Å². The van der Waals surface area contributed by atoms with E-state index in [4.69, 9.17) is 23.1 Å². The molecule has 1 saturated carbocycles. The molecule has 10 nitrogen and oxygen atoms in total. The van der Waals surface area contributed by atoms with E-state index in [9.17, 15) is 18.3 Å². The topological polar surface area (TPSA) is 155 Å². The first-order valence-electron chi connectivity index (χ1n) is 10.1. The molecule has 1 heterocycles. The van der Waals surface area contributed by atoms with Crippen LogP contribution in [0.3, 0.4) is 0 Å². The molecule has 2 aromatic rings. The van der Waals surface area contributed by atoms with Gasteiger partial charge in [-0.15, -0.1) is 24.8 Å². The predicted molar refractivity (Wildman–Crippen MR) is 138 cm³/mol. The molecule has 1 aromatic carbocycles. The zero-order valence-electron chi connectivity index (χ0n) is 18.8. The highest BCUT2D eigenvalue weighted by molar-refractivity contribution is 7.89. The Bertz CT molecular complexity index is 1170. The van der Waals surface area contributed by atoms with Crippen molar-refractivity contribution in [1.82, 2.24) is 14.2 Å². The number of halogens is 3. The average Bonchev–Trinajstić information content (AvgIpc) is 3.20. The number of fused-ring (bicyclic) bond motifs is 1. The largest absolute Gasteiger partial charge is 0.480 e. The number of benzene rings is 1. The molecule has 34 heavy (non-hydrogen) atoms. The van der Waals surface area contributed by atoms with Crippen LogP contribution in [0.5, 0.6) is 0 Å². The fraction of sp³-hybridized carbons (Fsp3) is 0.450. The molecule has 14 heteroatoms. The molecule has 0 atom stereocenters. The van der Waals surface area contributed by atoms with Gasteiger partial charge >= 0.3 is 5.97 Å². The number of nitrogens with two attached hydrogens (primary N) is 2. The molecular weight excluding hydrogens is 527 g/mol. The van der Waals surface area contributed by atoms with E-state index in [2.05, 4.69) is 9.98 Å². The van der Waals surface area contributed by atoms with Crippen LogP contribution in [0.4, 0.5) is 5.82 Å². The zero-order valence-corrected chi connectivity index (χ0v) is 22.0. The van der Waals surface area contributed by atoms with E-state index in [0.717, 1.165) is 4.31 Å². The summed E-state index contributed by atoms with van der Waals surface area (Å²) in [7, 11) is -0.582. The minimum atomic E-state index is -4.19. The van der Waals surface area contributed by atoms with Crippen LogP contribution in [0, 0.1) is 0 Å². The number of carboxylic acid groups (broad SMARTS) is 1. The smallest absolute Gasteiger partial charge is 0.325 e. The number of aliphatic imine (C=N–C) groups is 1. The summed E-state index contributed by atoms with van der Waals surface area (Å²) in [6.45, 7) is 0.405. The van der Waals surface area contributed by atoms with E-state index in [1.807, 2.05) is 4.90 Å². The van der Waals surface area contributed by atoms with Crippen molar-refractivity contribution in [1.29, 1.82) is 0 Å². The normalized spacial score (nSPS) is 15.1. The lowest BCUT2D eigenvalue weighted by atomic mass is 9.98. The van der Waals surface area contributed by atoms with Gasteiger partial charge < -0.3 is 21.5 Å². The van der Waals surface area contributed by atoms with Crippen molar-refractivity contribution in [2.45, 2.75) is 36.1 Å². The molecule has 5 N–H and O–H groups in total. The molecule has 0 aliphatic heterocycles. The van der Waals surface area contributed by atoms with Gasteiger partial charge in [-0.2, -0.15) is 9.30 Å². The molecule has 0 unspecified atom stereocenters. The maximum absolute atomic E-state index is 13.8. The Morgan fingerprint density at radius 3 is 2.32 bits per heavy atom. The van der Waals surface area contributed by atoms with Crippen molar-refractivity contribution in [2.24, 2.45) is 16.5 Å². The summed E-state index contributed by atoms with van der Waals surface area (Å²) in [5.74, 6) is -1.25. The highest BCUT2D eigenvalue weighted by atomic mass is 35.5. The molecule has 0 spiro atoms. The Hall–Kier alpha value is -1.89. The van der Waals surface area contributed by atoms with Crippen LogP contribution in [0.25, 0.3) is 10.8 Å². The standard InChI is InChI=1S/C20H27ClN6O4S.2ClH/c1-26(2)9-10-27(20(18(28)29)7-3-4-8-20)32(30,31)13-5-6-14-15(11-13)17(25-19(22)23)24-12-16(14)21;;/h5-6,11-12H,3-4,7-10H2,1-2H3,(H,28,29)(H4,22,23,24,25);2*1H. The van der Waals surface area contributed by atoms with Crippen molar-refractivity contribution >= 4 is 75.0 Å². The first-order valence-corrected chi connectivity index (χ1v) is 11.9. The number of guanidine groups is 1. The first-order chi connectivity index (χ1) is 15.0. The lowest BCUT2D eigenvalue weighted by Gasteiger charge is -2.37. The van der Waals surface area contributed by atoms with Crippen LogP contribution >= 0.6 is 36.4 Å². The van der Waals surface area contributed by atoms with Gasteiger partial charge in [-0.1, -0.05) is 30.5 Å². The highest BCUT2D eigenvalue weighted by Gasteiger charge is 2.51. The summed E-state index contributed by atoms with van der Waals surface area (Å²) >= 11 is 6.23. The molecule has 0 bridgehead atoms. The maximum Gasteiger partial charge on any atom is 0.325 e. The minimum Gasteiger partial charge on any atom is -0.480 e. The number of nitrogens with zero attached hydrogens (tertiary/aromatic N) is 4. The third-order valence-corrected chi connectivity index (χ3v) is 7.93. The van der Waals surface area contributed by atoms with Gasteiger partial charge in [0.1, 0.15) is 5.54 Å². The van der Waals surface area contributed by atoms with E-state index in [0.29, 0.717) is 35.2 Å². The van der Waals surface area contributed by atoms with Crippen LogP contribution in [0.1, 0.15) is 25.7 Å². The number of aliphatic carboxylic acids is 1. The fourth-order valence-electron chi connectivity index (χ4n) is 4.06. The van der Waals surface area contributed by atoms with Crippen molar-refractivity contribution in [2.75, 3.05) is 27.2 Å². The SMILES string of the molecule is CN(C)CCN(C1(C(=O)O)CCCC1)S(=O)(=O)c1ccc2c(Cl)cnc(N=C(N)N)c2c1.Cl.Cl. The van der Waals surface area contributed by atoms with Crippen LogP contribution in [-0.2, 0) is 14.8 Å². The second-order valence-electron chi connectivity index (χ2n) is 8.10. The second kappa shape index (κ2) is 11.7. The molecule has 3 rings (SSSR count). The van der Waals surface area contributed by atoms with Gasteiger partial charge in [0.15, 0.2) is 11.8 Å². The summed E-state index contributed by atoms with van der Waals surface area (Å²) in [5, 5.41) is 11.2. The lowest BCUT2D eigenvalue weighted by Crippen LogP contribution is -2.56. The van der Waals surface area contributed by atoms with Gasteiger partial charge in [-0.25, -0.2) is 13.4 Å². The number of hydrogen-bond acceptors (Lipinski definition) is 6. The summed E-state index contributed by atoms with van der Waals surface area (Å²) in [4.78, 5) is 22.1. The number of carboxylic acids is 1. The first kappa shape index (κ1) is 30.1. The van der Waals surface area contributed by atoms with Crippen LogP contribution in [0.15, 0.2) is 34.3 Å². The van der Waals surface area contributed by atoms with Gasteiger partial charge in [0.25, 0.3) is 0 Å². The Morgan fingerprint density at radius 1 is 1.18 bits per heavy atom. The van der Waals surface area contributed by atoms with E-state index in [1.54, 1.807) is 20.2 Å². The van der Waals surface area contributed by atoms with Crippen molar-refractivity contribution in [3.63, 3.8) is 0 Å². The molecule has 1 aromatic heterocycles. The Kier molecular flexibility index (Phi) is 10.4. The Morgan fingerprint density at radius 2 is 1.79 bits per heavy atom. The molecule has 0 saturated heterocycles. The van der Waals surface area contributed by atoms with Gasteiger partial charge in [0, 0.05) is 30.1 Å². The second-order valence-corrected chi connectivity index (χ2v) is 10.4. The van der Waals surface area contributed by atoms with Crippen LogP contribution in [0.2, 0.25) is 5.02 Å². The molecule has 1 aliphatic carbocycles. The van der Waals surface area contributed by atoms with Crippen molar-refractivity contribution in [3.05, 3.63) is 29.4 Å². The zero-order chi connectivity index (χ0) is 23.7. The van der Waals surface area contributed by atoms with E-state index in [1.165, 1.54) is 18.3 Å². The molecule has 1 fully saturated rings. The molecule has 190 valence electrons. The van der Waals surface area contributed by atoms with Gasteiger partial charge in [-0.05, 0) is 39.1 Å². The molecular formula is C20H29Cl3N6O4S. The van der Waals surface area contributed by atoms with Crippen molar-refractivity contribution in [3.8, 4) is 0 Å².